The average Bonchev–Trinajstić information content (AvgIpc) is 2.71. The van der Waals surface area contributed by atoms with Crippen molar-refractivity contribution in [1.29, 1.82) is 0 Å². The molecule has 4 rings (SSSR count). The zero-order valence-corrected chi connectivity index (χ0v) is 14.8. The highest BCUT2D eigenvalue weighted by molar-refractivity contribution is 5.79. The van der Waals surface area contributed by atoms with E-state index in [9.17, 15) is 4.79 Å². The lowest BCUT2D eigenvalue weighted by atomic mass is 10.0. The highest BCUT2D eigenvalue weighted by Crippen LogP contribution is 2.29. The van der Waals surface area contributed by atoms with Crippen LogP contribution in [0.3, 0.4) is 0 Å². The molecule has 136 valence electrons. The standard InChI is InChI=1S/C22H20N2O3/c25-21(24-20-12-14-26-22-19(20)7-4-13-23-22)15-16-8-10-18(11-9-16)27-17-5-2-1-3-6-17/h1-11,13,20H,12,14-15H2,(H,24,25). The number of hydrogen-bond donors (Lipinski definition) is 1. The summed E-state index contributed by atoms with van der Waals surface area (Å²) in [5, 5.41) is 3.09. The van der Waals surface area contributed by atoms with Crippen LogP contribution >= 0.6 is 0 Å². The summed E-state index contributed by atoms with van der Waals surface area (Å²) in [5.74, 6) is 2.12. The molecule has 0 bridgehead atoms. The minimum Gasteiger partial charge on any atom is -0.477 e. The number of hydrogen-bond acceptors (Lipinski definition) is 4. The maximum Gasteiger partial charge on any atom is 0.224 e. The summed E-state index contributed by atoms with van der Waals surface area (Å²) < 4.78 is 11.3. The highest BCUT2D eigenvalue weighted by atomic mass is 16.5. The number of pyridine rings is 1. The summed E-state index contributed by atoms with van der Waals surface area (Å²) in [7, 11) is 0. The number of carbonyl (C=O) groups is 1. The van der Waals surface area contributed by atoms with Gasteiger partial charge >= 0.3 is 0 Å². The molecular weight excluding hydrogens is 340 g/mol. The van der Waals surface area contributed by atoms with Gasteiger partial charge in [-0.2, -0.15) is 0 Å². The van der Waals surface area contributed by atoms with Gasteiger partial charge in [-0.15, -0.1) is 0 Å². The third-order valence-corrected chi connectivity index (χ3v) is 4.42. The minimum atomic E-state index is -0.0596. The summed E-state index contributed by atoms with van der Waals surface area (Å²) >= 11 is 0. The number of aromatic nitrogens is 1. The van der Waals surface area contributed by atoms with E-state index in [1.807, 2.05) is 66.7 Å². The van der Waals surface area contributed by atoms with E-state index in [-0.39, 0.29) is 11.9 Å². The minimum absolute atomic E-state index is 0.0200. The third-order valence-electron chi connectivity index (χ3n) is 4.42. The Morgan fingerprint density at radius 3 is 2.63 bits per heavy atom. The van der Waals surface area contributed by atoms with Gasteiger partial charge in [0, 0.05) is 18.2 Å². The molecule has 5 nitrogen and oxygen atoms in total. The molecule has 0 aliphatic carbocycles. The summed E-state index contributed by atoms with van der Waals surface area (Å²) in [4.78, 5) is 16.7. The fourth-order valence-corrected chi connectivity index (χ4v) is 3.10. The van der Waals surface area contributed by atoms with Gasteiger partial charge in [-0.1, -0.05) is 36.4 Å². The predicted molar refractivity (Wildman–Crippen MR) is 102 cm³/mol. The van der Waals surface area contributed by atoms with E-state index >= 15 is 0 Å². The number of para-hydroxylation sites is 1. The van der Waals surface area contributed by atoms with Crippen LogP contribution in [0.25, 0.3) is 0 Å². The summed E-state index contributed by atoms with van der Waals surface area (Å²) in [5.41, 5.74) is 1.87. The van der Waals surface area contributed by atoms with Crippen molar-refractivity contribution < 1.29 is 14.3 Å². The smallest absolute Gasteiger partial charge is 0.224 e. The first-order chi connectivity index (χ1) is 13.3. The Labute approximate surface area is 158 Å². The van der Waals surface area contributed by atoms with E-state index in [0.717, 1.165) is 29.0 Å². The second-order valence-electron chi connectivity index (χ2n) is 6.39. The van der Waals surface area contributed by atoms with Crippen LogP contribution in [-0.2, 0) is 11.2 Å². The molecule has 1 aromatic heterocycles. The largest absolute Gasteiger partial charge is 0.477 e. The van der Waals surface area contributed by atoms with Crippen molar-refractivity contribution in [3.05, 3.63) is 84.1 Å². The van der Waals surface area contributed by atoms with E-state index in [4.69, 9.17) is 9.47 Å². The van der Waals surface area contributed by atoms with Crippen molar-refractivity contribution in [1.82, 2.24) is 10.3 Å². The highest BCUT2D eigenvalue weighted by Gasteiger charge is 2.23. The van der Waals surface area contributed by atoms with E-state index in [2.05, 4.69) is 10.3 Å². The number of carbonyl (C=O) groups excluding carboxylic acids is 1. The Hall–Kier alpha value is -3.34. The van der Waals surface area contributed by atoms with Crippen molar-refractivity contribution in [2.45, 2.75) is 18.9 Å². The lowest BCUT2D eigenvalue weighted by molar-refractivity contribution is -0.121. The Balaban J connectivity index is 1.36. The van der Waals surface area contributed by atoms with Gasteiger partial charge in [0.25, 0.3) is 0 Å². The lowest BCUT2D eigenvalue weighted by Gasteiger charge is -2.25. The van der Waals surface area contributed by atoms with E-state index in [1.54, 1.807) is 6.20 Å². The number of fused-ring (bicyclic) bond motifs is 1. The molecule has 3 aromatic rings. The van der Waals surface area contributed by atoms with E-state index in [1.165, 1.54) is 0 Å². The molecule has 2 aromatic carbocycles. The van der Waals surface area contributed by atoms with Crippen LogP contribution in [-0.4, -0.2) is 17.5 Å². The Kier molecular flexibility index (Phi) is 5.01. The molecular formula is C22H20N2O3. The predicted octanol–water partition coefficient (Wildman–Crippen LogP) is 4.06. The first-order valence-corrected chi connectivity index (χ1v) is 8.97. The molecule has 0 fully saturated rings. The number of benzene rings is 2. The van der Waals surface area contributed by atoms with Gasteiger partial charge in [0.2, 0.25) is 11.8 Å². The van der Waals surface area contributed by atoms with Crippen LogP contribution in [0, 0.1) is 0 Å². The molecule has 1 aliphatic heterocycles. The third kappa shape index (κ3) is 4.26. The van der Waals surface area contributed by atoms with Crippen LogP contribution < -0.4 is 14.8 Å². The SMILES string of the molecule is O=C(Cc1ccc(Oc2ccccc2)cc1)NC1CCOc2ncccc21. The number of nitrogens with zero attached hydrogens (tertiary/aromatic N) is 1. The number of rotatable bonds is 5. The lowest BCUT2D eigenvalue weighted by Crippen LogP contribution is -2.33. The molecule has 5 heteroatoms. The normalized spacial score (nSPS) is 15.3. The van der Waals surface area contributed by atoms with Crippen LogP contribution in [0.2, 0.25) is 0 Å². The molecule has 27 heavy (non-hydrogen) atoms. The van der Waals surface area contributed by atoms with Gasteiger partial charge < -0.3 is 14.8 Å². The second-order valence-corrected chi connectivity index (χ2v) is 6.39. The van der Waals surface area contributed by atoms with Crippen molar-refractivity contribution in [3.63, 3.8) is 0 Å². The quantitative estimate of drug-likeness (QED) is 0.745. The summed E-state index contributed by atoms with van der Waals surface area (Å²) in [6, 6.07) is 20.9. The number of ether oxygens (including phenoxy) is 2. The zero-order chi connectivity index (χ0) is 18.5. The zero-order valence-electron chi connectivity index (χ0n) is 14.8. The van der Waals surface area contributed by atoms with Gasteiger partial charge in [-0.05, 0) is 35.9 Å². The van der Waals surface area contributed by atoms with Crippen LogP contribution in [0.4, 0.5) is 0 Å². The number of nitrogens with one attached hydrogen (secondary N) is 1. The molecule has 1 unspecified atom stereocenters. The van der Waals surface area contributed by atoms with Gasteiger partial charge in [-0.25, -0.2) is 4.98 Å². The number of amides is 1. The first kappa shape index (κ1) is 17.1. The molecule has 1 amide bonds. The average molecular weight is 360 g/mol. The molecule has 0 spiro atoms. The molecule has 0 saturated heterocycles. The molecule has 1 atom stereocenters. The Morgan fingerprint density at radius 1 is 1.04 bits per heavy atom. The molecule has 1 N–H and O–H groups in total. The van der Waals surface area contributed by atoms with Crippen molar-refractivity contribution >= 4 is 5.91 Å². The van der Waals surface area contributed by atoms with Crippen LogP contribution in [0.1, 0.15) is 23.6 Å². The molecule has 0 saturated carbocycles. The summed E-state index contributed by atoms with van der Waals surface area (Å²) in [6.45, 7) is 0.556. The fraction of sp³-hybridized carbons (Fsp3) is 0.182. The maximum atomic E-state index is 12.5. The fourth-order valence-electron chi connectivity index (χ4n) is 3.10. The van der Waals surface area contributed by atoms with Gasteiger partial charge in [0.05, 0.1) is 19.1 Å². The Morgan fingerprint density at radius 2 is 1.81 bits per heavy atom. The second kappa shape index (κ2) is 7.91. The van der Waals surface area contributed by atoms with Crippen molar-refractivity contribution in [2.75, 3.05) is 6.61 Å². The monoisotopic (exact) mass is 360 g/mol. The van der Waals surface area contributed by atoms with E-state index in [0.29, 0.717) is 18.9 Å². The topological polar surface area (TPSA) is 60.5 Å². The molecule has 0 radical (unpaired) electrons. The maximum absolute atomic E-state index is 12.5. The van der Waals surface area contributed by atoms with Crippen LogP contribution in [0.5, 0.6) is 17.4 Å². The Bertz CT molecular complexity index is 910. The van der Waals surface area contributed by atoms with Gasteiger partial charge in [0.15, 0.2) is 0 Å². The molecule has 1 aliphatic rings. The van der Waals surface area contributed by atoms with Crippen molar-refractivity contribution in [2.24, 2.45) is 0 Å². The summed E-state index contributed by atoms with van der Waals surface area (Å²) in [6.07, 6.45) is 2.76. The van der Waals surface area contributed by atoms with Crippen molar-refractivity contribution in [3.8, 4) is 17.4 Å². The van der Waals surface area contributed by atoms with Gasteiger partial charge in [0.1, 0.15) is 11.5 Å². The van der Waals surface area contributed by atoms with Gasteiger partial charge in [-0.3, -0.25) is 4.79 Å². The van der Waals surface area contributed by atoms with E-state index < -0.39 is 0 Å². The first-order valence-electron chi connectivity index (χ1n) is 8.97. The van der Waals surface area contributed by atoms with Crippen LogP contribution in [0.15, 0.2) is 72.9 Å². The molecule has 2 heterocycles.